The average Bonchev–Trinajstić information content (AvgIpc) is 2.56. The summed E-state index contributed by atoms with van der Waals surface area (Å²) in [5, 5.41) is 4.51. The van der Waals surface area contributed by atoms with Crippen LogP contribution in [0.25, 0.3) is 0 Å². The predicted octanol–water partition coefficient (Wildman–Crippen LogP) is 3.99. The van der Waals surface area contributed by atoms with Crippen molar-refractivity contribution < 1.29 is 23.5 Å². The summed E-state index contributed by atoms with van der Waals surface area (Å²) in [6, 6.07) is 8.66. The van der Waals surface area contributed by atoms with Crippen molar-refractivity contribution in [3.8, 4) is 0 Å². The lowest BCUT2D eigenvalue weighted by Crippen LogP contribution is -2.35. The average molecular weight is 365 g/mol. The van der Waals surface area contributed by atoms with Crippen LogP contribution in [-0.2, 0) is 4.74 Å². The monoisotopic (exact) mass is 364 g/mol. The van der Waals surface area contributed by atoms with Crippen LogP contribution in [0.5, 0.6) is 0 Å². The minimum atomic E-state index is -0.934. The van der Waals surface area contributed by atoms with E-state index in [2.05, 4.69) is 10.1 Å². The third-order valence-electron chi connectivity index (χ3n) is 3.08. The summed E-state index contributed by atoms with van der Waals surface area (Å²) in [5.41, 5.74) is -0.116. The molecule has 2 N–H and O–H groups in total. The Hall–Kier alpha value is -2.93. The van der Waals surface area contributed by atoms with E-state index in [0.29, 0.717) is 0 Å². The molecule has 0 fully saturated rings. The summed E-state index contributed by atoms with van der Waals surface area (Å²) in [6.07, 6.45) is -0.934. The van der Waals surface area contributed by atoms with Crippen LogP contribution in [0.2, 0.25) is 5.02 Å². The van der Waals surface area contributed by atoms with E-state index in [1.807, 2.05) is 5.32 Å². The third kappa shape index (κ3) is 4.77. The number of nitrogens with one attached hydrogen (secondary N) is 2. The zero-order valence-electron chi connectivity index (χ0n) is 13.1. The molecule has 0 aliphatic carbocycles. The molecule has 25 heavy (non-hydrogen) atoms. The van der Waals surface area contributed by atoms with E-state index in [9.17, 15) is 18.8 Å². The lowest BCUT2D eigenvalue weighted by Gasteiger charge is -2.12. The normalized spacial score (nSPS) is 10.0. The molecule has 0 heterocycles. The van der Waals surface area contributed by atoms with E-state index < -0.39 is 23.7 Å². The van der Waals surface area contributed by atoms with Crippen molar-refractivity contribution in [2.45, 2.75) is 6.92 Å². The van der Waals surface area contributed by atoms with Gasteiger partial charge in [0.2, 0.25) is 0 Å². The molecule has 0 atom stereocenters. The van der Waals surface area contributed by atoms with Gasteiger partial charge in [-0.15, -0.1) is 0 Å². The number of alkyl carbamates (subject to hydrolysis) is 1. The van der Waals surface area contributed by atoms with Gasteiger partial charge in [-0.3, -0.25) is 4.79 Å². The number of carbonyl (C=O) groups excluding carboxylic acids is 3. The molecule has 2 aromatic rings. The first-order valence-corrected chi connectivity index (χ1v) is 7.63. The second-order valence-electron chi connectivity index (χ2n) is 4.80. The van der Waals surface area contributed by atoms with Gasteiger partial charge in [0.15, 0.2) is 5.78 Å². The van der Waals surface area contributed by atoms with Crippen LogP contribution in [0.1, 0.15) is 22.8 Å². The highest BCUT2D eigenvalue weighted by molar-refractivity contribution is 6.31. The first kappa shape index (κ1) is 18.4. The summed E-state index contributed by atoms with van der Waals surface area (Å²) in [5.74, 6) is -1.36. The Balaban J connectivity index is 2.29. The zero-order chi connectivity index (χ0) is 18.4. The molecule has 0 unspecified atom stereocenters. The number of benzene rings is 2. The first-order chi connectivity index (χ1) is 11.9. The maximum Gasteiger partial charge on any atom is 0.415 e. The van der Waals surface area contributed by atoms with Crippen molar-refractivity contribution in [3.63, 3.8) is 0 Å². The molecular formula is C17H14ClFN2O4. The van der Waals surface area contributed by atoms with Gasteiger partial charge in [0, 0.05) is 10.6 Å². The minimum absolute atomic E-state index is 0.0170. The zero-order valence-corrected chi connectivity index (χ0v) is 13.9. The molecule has 0 aromatic heterocycles. The number of ketones is 1. The molecule has 3 amide bonds. The third-order valence-corrected chi connectivity index (χ3v) is 3.32. The van der Waals surface area contributed by atoms with E-state index in [1.165, 1.54) is 36.4 Å². The van der Waals surface area contributed by atoms with Crippen LogP contribution in [0.4, 0.5) is 19.7 Å². The molecule has 0 radical (unpaired) electrons. The highest BCUT2D eigenvalue weighted by atomic mass is 35.5. The maximum absolute atomic E-state index is 13.9. The smallest absolute Gasteiger partial charge is 0.415 e. The summed E-state index contributed by atoms with van der Waals surface area (Å²) >= 11 is 5.90. The van der Waals surface area contributed by atoms with E-state index in [-0.39, 0.29) is 28.4 Å². The highest BCUT2D eigenvalue weighted by Crippen LogP contribution is 2.24. The van der Waals surface area contributed by atoms with Crippen LogP contribution in [0.3, 0.4) is 0 Å². The number of amides is 3. The molecule has 0 aliphatic rings. The van der Waals surface area contributed by atoms with E-state index in [1.54, 1.807) is 6.92 Å². The second-order valence-corrected chi connectivity index (χ2v) is 5.23. The standard InChI is InChI=1S/C17H14ClFN2O4/c1-2-25-17(24)21-16(23)20-14-8-7-10(18)9-12(14)15(22)11-5-3-4-6-13(11)19/h3-9H,2H2,1H3,(H2,20,21,23,24). The summed E-state index contributed by atoms with van der Waals surface area (Å²) in [6.45, 7) is 1.68. The Bertz CT molecular complexity index is 826. The van der Waals surface area contributed by atoms with E-state index in [4.69, 9.17) is 11.6 Å². The van der Waals surface area contributed by atoms with Gasteiger partial charge in [-0.1, -0.05) is 23.7 Å². The van der Waals surface area contributed by atoms with Crippen molar-refractivity contribution >= 4 is 35.2 Å². The minimum Gasteiger partial charge on any atom is -0.450 e. The molecule has 2 rings (SSSR count). The number of anilines is 1. The van der Waals surface area contributed by atoms with Crippen molar-refractivity contribution in [1.82, 2.24) is 5.32 Å². The van der Waals surface area contributed by atoms with Crippen LogP contribution >= 0.6 is 11.6 Å². The number of rotatable bonds is 4. The van der Waals surface area contributed by atoms with Gasteiger partial charge < -0.3 is 10.1 Å². The van der Waals surface area contributed by atoms with Crippen LogP contribution < -0.4 is 10.6 Å². The summed E-state index contributed by atoms with van der Waals surface area (Å²) in [4.78, 5) is 35.7. The van der Waals surface area contributed by atoms with Gasteiger partial charge >= 0.3 is 12.1 Å². The van der Waals surface area contributed by atoms with Gasteiger partial charge in [0.25, 0.3) is 0 Å². The van der Waals surface area contributed by atoms with Gasteiger partial charge in [0.1, 0.15) is 5.82 Å². The summed E-state index contributed by atoms with van der Waals surface area (Å²) in [7, 11) is 0. The Morgan fingerprint density at radius 2 is 1.84 bits per heavy atom. The van der Waals surface area contributed by atoms with Gasteiger partial charge in [-0.05, 0) is 37.3 Å². The van der Waals surface area contributed by atoms with Crippen LogP contribution in [-0.4, -0.2) is 24.5 Å². The SMILES string of the molecule is CCOC(=O)NC(=O)Nc1ccc(Cl)cc1C(=O)c1ccccc1F. The number of hydrogen-bond acceptors (Lipinski definition) is 4. The van der Waals surface area contributed by atoms with Crippen LogP contribution in [0.15, 0.2) is 42.5 Å². The van der Waals surface area contributed by atoms with E-state index in [0.717, 1.165) is 6.07 Å². The highest BCUT2D eigenvalue weighted by Gasteiger charge is 2.19. The molecule has 8 heteroatoms. The molecule has 0 bridgehead atoms. The van der Waals surface area contributed by atoms with E-state index >= 15 is 0 Å². The Labute approximate surface area is 147 Å². The number of hydrogen-bond donors (Lipinski definition) is 2. The lowest BCUT2D eigenvalue weighted by atomic mass is 10.0. The fourth-order valence-electron chi connectivity index (χ4n) is 2.02. The number of imide groups is 1. The van der Waals surface area contributed by atoms with Gasteiger partial charge in [0.05, 0.1) is 17.9 Å². The molecule has 0 saturated heterocycles. The molecule has 0 spiro atoms. The van der Waals surface area contributed by atoms with Crippen molar-refractivity contribution in [2.75, 3.05) is 11.9 Å². The Morgan fingerprint density at radius 1 is 1.12 bits per heavy atom. The number of carbonyl (C=O) groups is 3. The largest absolute Gasteiger partial charge is 0.450 e. The molecule has 6 nitrogen and oxygen atoms in total. The first-order valence-electron chi connectivity index (χ1n) is 7.26. The molecule has 130 valence electrons. The predicted molar refractivity (Wildman–Crippen MR) is 90.5 cm³/mol. The second kappa shape index (κ2) is 8.25. The Kier molecular flexibility index (Phi) is 6.08. The number of halogens is 2. The molecule has 0 saturated carbocycles. The van der Waals surface area contributed by atoms with Crippen LogP contribution in [0, 0.1) is 5.82 Å². The Morgan fingerprint density at radius 3 is 2.52 bits per heavy atom. The number of urea groups is 1. The fourth-order valence-corrected chi connectivity index (χ4v) is 2.19. The quantitative estimate of drug-likeness (QED) is 0.803. The molecule has 2 aromatic carbocycles. The van der Waals surface area contributed by atoms with Crippen molar-refractivity contribution in [1.29, 1.82) is 0 Å². The van der Waals surface area contributed by atoms with Crippen molar-refractivity contribution in [3.05, 3.63) is 64.4 Å². The van der Waals surface area contributed by atoms with Gasteiger partial charge in [-0.2, -0.15) is 0 Å². The van der Waals surface area contributed by atoms with Crippen molar-refractivity contribution in [2.24, 2.45) is 0 Å². The fraction of sp³-hybridized carbons (Fsp3) is 0.118. The maximum atomic E-state index is 13.9. The van der Waals surface area contributed by atoms with Gasteiger partial charge in [-0.25, -0.2) is 19.3 Å². The number of ether oxygens (including phenoxy) is 1. The lowest BCUT2D eigenvalue weighted by molar-refractivity contribution is 0.103. The molecular weight excluding hydrogens is 351 g/mol. The summed E-state index contributed by atoms with van der Waals surface area (Å²) < 4.78 is 18.4. The molecule has 0 aliphatic heterocycles. The topological polar surface area (TPSA) is 84.5 Å².